The summed E-state index contributed by atoms with van der Waals surface area (Å²) in [6.45, 7) is 4.57. The van der Waals surface area contributed by atoms with Crippen molar-refractivity contribution in [3.8, 4) is 11.3 Å². The molecule has 1 atom stereocenters. The van der Waals surface area contributed by atoms with Crippen LogP contribution in [0, 0.1) is 19.7 Å². The third kappa shape index (κ3) is 3.69. The summed E-state index contributed by atoms with van der Waals surface area (Å²) in [6.07, 6.45) is 4.81. The molecule has 1 amide bonds. The number of likely N-dealkylation sites (tertiary alicyclic amines) is 1. The smallest absolute Gasteiger partial charge is 0.227 e. The fraction of sp³-hybridized carbons (Fsp3) is 0.409. The van der Waals surface area contributed by atoms with Crippen molar-refractivity contribution in [3.05, 3.63) is 58.8 Å². The fourth-order valence-electron chi connectivity index (χ4n) is 4.12. The van der Waals surface area contributed by atoms with Gasteiger partial charge in [-0.15, -0.1) is 0 Å². The zero-order valence-corrected chi connectivity index (χ0v) is 17.0. The monoisotopic (exact) mass is 396 g/mol. The Balaban J connectivity index is 1.67. The number of carbonyl (C=O) groups is 1. The van der Waals surface area contributed by atoms with E-state index in [2.05, 4.69) is 10.3 Å². The molecule has 0 aliphatic carbocycles. The van der Waals surface area contributed by atoms with E-state index < -0.39 is 0 Å². The second-order valence-electron chi connectivity index (χ2n) is 7.69. The van der Waals surface area contributed by atoms with Crippen LogP contribution in [0.5, 0.6) is 0 Å². The maximum absolute atomic E-state index is 13.5. The van der Waals surface area contributed by atoms with E-state index in [-0.39, 0.29) is 24.2 Å². The number of aryl methyl sites for hydroxylation is 2. The summed E-state index contributed by atoms with van der Waals surface area (Å²) < 4.78 is 20.9. The number of benzene rings is 1. The topological polar surface area (TPSA) is 64.2 Å². The second-order valence-corrected chi connectivity index (χ2v) is 7.69. The lowest BCUT2D eigenvalue weighted by Gasteiger charge is -2.36. The number of hydrogen-bond acceptors (Lipinski definition) is 4. The van der Waals surface area contributed by atoms with E-state index in [9.17, 15) is 9.18 Å². The molecule has 2 aromatic heterocycles. The Morgan fingerprint density at radius 3 is 2.86 bits per heavy atom. The Morgan fingerprint density at radius 1 is 1.31 bits per heavy atom. The Hall–Kier alpha value is -2.96. The molecule has 1 aromatic carbocycles. The molecule has 0 spiro atoms. The molecule has 3 aromatic rings. The predicted molar refractivity (Wildman–Crippen MR) is 107 cm³/mol. The molecule has 1 unspecified atom stereocenters. The first-order valence-electron chi connectivity index (χ1n) is 9.94. The van der Waals surface area contributed by atoms with Gasteiger partial charge < -0.3 is 9.42 Å². The summed E-state index contributed by atoms with van der Waals surface area (Å²) in [4.78, 5) is 15.1. The Labute approximate surface area is 169 Å². The fourth-order valence-corrected chi connectivity index (χ4v) is 4.12. The van der Waals surface area contributed by atoms with Crippen LogP contribution in [-0.4, -0.2) is 32.3 Å². The number of piperidine rings is 1. The number of aromatic nitrogens is 3. The minimum Gasteiger partial charge on any atom is -0.356 e. The molecular weight excluding hydrogens is 371 g/mol. The highest BCUT2D eigenvalue weighted by Gasteiger charge is 2.33. The summed E-state index contributed by atoms with van der Waals surface area (Å²) in [5, 5.41) is 8.53. The van der Waals surface area contributed by atoms with Gasteiger partial charge in [-0.3, -0.25) is 9.48 Å². The molecule has 3 heterocycles. The van der Waals surface area contributed by atoms with Crippen molar-refractivity contribution in [1.29, 1.82) is 0 Å². The number of carbonyl (C=O) groups excluding carboxylic acids is 1. The Morgan fingerprint density at radius 2 is 2.14 bits per heavy atom. The minimum absolute atomic E-state index is 0.00192. The van der Waals surface area contributed by atoms with Gasteiger partial charge in [0.1, 0.15) is 5.82 Å². The highest BCUT2D eigenvalue weighted by atomic mass is 19.1. The van der Waals surface area contributed by atoms with Crippen LogP contribution in [0.25, 0.3) is 11.3 Å². The number of halogens is 1. The average Bonchev–Trinajstić information content (AvgIpc) is 3.24. The molecule has 4 rings (SSSR count). The van der Waals surface area contributed by atoms with E-state index in [1.54, 1.807) is 18.3 Å². The molecule has 0 radical (unpaired) electrons. The molecule has 0 N–H and O–H groups in total. The SMILES string of the molecule is Cc1noc(-c2cnn(C)c2C2CCCCN2C(=O)Cc2cccc(F)c2)c1C. The first-order chi connectivity index (χ1) is 14.0. The van der Waals surface area contributed by atoms with Gasteiger partial charge in [0.25, 0.3) is 0 Å². The van der Waals surface area contributed by atoms with Crippen LogP contribution >= 0.6 is 0 Å². The lowest BCUT2D eigenvalue weighted by Crippen LogP contribution is -2.40. The number of rotatable bonds is 4. The van der Waals surface area contributed by atoms with Crippen molar-refractivity contribution in [2.75, 3.05) is 6.54 Å². The molecule has 1 saturated heterocycles. The zero-order chi connectivity index (χ0) is 20.5. The van der Waals surface area contributed by atoms with Crippen LogP contribution in [0.3, 0.4) is 0 Å². The molecule has 29 heavy (non-hydrogen) atoms. The Kier molecular flexibility index (Phi) is 5.22. The third-order valence-electron chi connectivity index (χ3n) is 5.77. The first kappa shape index (κ1) is 19.4. The van der Waals surface area contributed by atoms with Crippen LogP contribution < -0.4 is 0 Å². The van der Waals surface area contributed by atoms with Crippen LogP contribution in [-0.2, 0) is 18.3 Å². The van der Waals surface area contributed by atoms with E-state index in [1.165, 1.54) is 12.1 Å². The molecule has 1 aliphatic heterocycles. The number of amides is 1. The summed E-state index contributed by atoms with van der Waals surface area (Å²) in [6, 6.07) is 6.14. The summed E-state index contributed by atoms with van der Waals surface area (Å²) in [7, 11) is 1.89. The van der Waals surface area contributed by atoms with Gasteiger partial charge in [-0.25, -0.2) is 4.39 Å². The summed E-state index contributed by atoms with van der Waals surface area (Å²) >= 11 is 0. The lowest BCUT2D eigenvalue weighted by molar-refractivity contribution is -0.134. The van der Waals surface area contributed by atoms with Crippen LogP contribution in [0.2, 0.25) is 0 Å². The van der Waals surface area contributed by atoms with Gasteiger partial charge in [0.2, 0.25) is 5.91 Å². The van der Waals surface area contributed by atoms with Crippen LogP contribution in [0.4, 0.5) is 4.39 Å². The molecule has 0 saturated carbocycles. The van der Waals surface area contributed by atoms with Gasteiger partial charge in [0.15, 0.2) is 5.76 Å². The van der Waals surface area contributed by atoms with Gasteiger partial charge in [-0.2, -0.15) is 5.10 Å². The summed E-state index contributed by atoms with van der Waals surface area (Å²) in [5.41, 5.74) is 4.34. The average molecular weight is 396 g/mol. The van der Waals surface area contributed by atoms with Gasteiger partial charge in [0, 0.05) is 19.2 Å². The maximum atomic E-state index is 13.5. The predicted octanol–water partition coefficient (Wildman–Crippen LogP) is 4.13. The van der Waals surface area contributed by atoms with Gasteiger partial charge >= 0.3 is 0 Å². The van der Waals surface area contributed by atoms with E-state index >= 15 is 0 Å². The van der Waals surface area contributed by atoms with E-state index in [1.807, 2.05) is 30.5 Å². The second kappa shape index (κ2) is 7.81. The van der Waals surface area contributed by atoms with Crippen molar-refractivity contribution in [1.82, 2.24) is 19.8 Å². The van der Waals surface area contributed by atoms with Crippen molar-refractivity contribution < 1.29 is 13.7 Å². The molecule has 152 valence electrons. The first-order valence-corrected chi connectivity index (χ1v) is 9.94. The number of nitrogens with zero attached hydrogens (tertiary/aromatic N) is 4. The molecule has 7 heteroatoms. The van der Waals surface area contributed by atoms with Gasteiger partial charge in [-0.05, 0) is 50.8 Å². The summed E-state index contributed by atoms with van der Waals surface area (Å²) in [5.74, 6) is 0.377. The molecular formula is C22H25FN4O2. The van der Waals surface area contributed by atoms with Crippen LogP contribution in [0.15, 0.2) is 35.0 Å². The Bertz CT molecular complexity index is 1040. The molecule has 0 bridgehead atoms. The normalized spacial score (nSPS) is 17.0. The highest BCUT2D eigenvalue weighted by molar-refractivity contribution is 5.80. The largest absolute Gasteiger partial charge is 0.356 e. The zero-order valence-electron chi connectivity index (χ0n) is 17.0. The maximum Gasteiger partial charge on any atom is 0.227 e. The third-order valence-corrected chi connectivity index (χ3v) is 5.77. The van der Waals surface area contributed by atoms with Gasteiger partial charge in [-0.1, -0.05) is 17.3 Å². The molecule has 1 aliphatic rings. The standard InChI is InChI=1S/C22H25FN4O2/c1-14-15(2)25-29-22(14)18-13-24-26(3)21(18)19-9-4-5-10-27(19)20(28)12-16-7-6-8-17(23)11-16/h6-8,11,13,19H,4-5,9-10,12H2,1-3H3. The lowest BCUT2D eigenvalue weighted by atomic mass is 9.94. The highest BCUT2D eigenvalue weighted by Crippen LogP contribution is 2.38. The van der Waals surface area contributed by atoms with Crippen molar-refractivity contribution in [3.63, 3.8) is 0 Å². The molecule has 6 nitrogen and oxygen atoms in total. The minimum atomic E-state index is -0.324. The van der Waals surface area contributed by atoms with Crippen molar-refractivity contribution in [2.45, 2.75) is 45.6 Å². The van der Waals surface area contributed by atoms with E-state index in [4.69, 9.17) is 4.52 Å². The van der Waals surface area contributed by atoms with E-state index in [0.717, 1.165) is 41.8 Å². The quantitative estimate of drug-likeness (QED) is 0.665. The van der Waals surface area contributed by atoms with Crippen molar-refractivity contribution in [2.24, 2.45) is 7.05 Å². The van der Waals surface area contributed by atoms with E-state index in [0.29, 0.717) is 17.9 Å². The molecule has 1 fully saturated rings. The van der Waals surface area contributed by atoms with Gasteiger partial charge in [0.05, 0.1) is 35.6 Å². The van der Waals surface area contributed by atoms with Crippen LogP contribution in [0.1, 0.15) is 47.8 Å². The number of hydrogen-bond donors (Lipinski definition) is 0. The van der Waals surface area contributed by atoms with Crippen molar-refractivity contribution >= 4 is 5.91 Å².